The minimum Gasteiger partial charge on any atom is -0.497 e. The zero-order chi connectivity index (χ0) is 23.2. The normalized spacial score (nSPS) is 20.3. The van der Waals surface area contributed by atoms with Gasteiger partial charge < -0.3 is 9.30 Å². The van der Waals surface area contributed by atoms with E-state index < -0.39 is 10.0 Å². The summed E-state index contributed by atoms with van der Waals surface area (Å²) in [7, 11) is -2.08. The molecule has 33 heavy (non-hydrogen) atoms. The van der Waals surface area contributed by atoms with Crippen molar-refractivity contribution in [2.45, 2.75) is 28.7 Å². The third-order valence-electron chi connectivity index (χ3n) is 6.65. The van der Waals surface area contributed by atoms with E-state index in [1.54, 1.807) is 53.5 Å². The largest absolute Gasteiger partial charge is 0.497 e. The summed E-state index contributed by atoms with van der Waals surface area (Å²) >= 11 is 1.69. The first-order valence-corrected chi connectivity index (χ1v) is 13.6. The molecule has 2 aromatic carbocycles. The number of pyridine rings is 1. The molecule has 0 N–H and O–H groups in total. The van der Waals surface area contributed by atoms with Gasteiger partial charge in [0.05, 0.1) is 12.0 Å². The molecule has 2 unspecified atom stereocenters. The Morgan fingerprint density at radius 1 is 0.939 bits per heavy atom. The summed E-state index contributed by atoms with van der Waals surface area (Å²) in [6.07, 6.45) is 2.92. The van der Waals surface area contributed by atoms with Gasteiger partial charge in [-0.1, -0.05) is 12.1 Å². The van der Waals surface area contributed by atoms with Gasteiger partial charge >= 0.3 is 0 Å². The number of thioether (sulfide) groups is 1. The highest BCUT2D eigenvalue weighted by Gasteiger charge is 2.40. The van der Waals surface area contributed by atoms with Crippen molar-refractivity contribution in [3.63, 3.8) is 0 Å². The summed E-state index contributed by atoms with van der Waals surface area (Å²) in [6, 6.07) is 18.4. The van der Waals surface area contributed by atoms with E-state index in [9.17, 15) is 13.2 Å². The summed E-state index contributed by atoms with van der Waals surface area (Å²) < 4.78 is 35.5. The van der Waals surface area contributed by atoms with E-state index >= 15 is 0 Å². The zero-order valence-corrected chi connectivity index (χ0v) is 20.2. The van der Waals surface area contributed by atoms with Crippen LogP contribution in [0.25, 0.3) is 11.1 Å². The summed E-state index contributed by atoms with van der Waals surface area (Å²) in [4.78, 5) is 14.2. The monoisotopic (exact) mass is 482 g/mol. The molecule has 2 aliphatic heterocycles. The van der Waals surface area contributed by atoms with Crippen LogP contribution in [0.4, 0.5) is 0 Å². The van der Waals surface area contributed by atoms with E-state index in [2.05, 4.69) is 24.3 Å². The first kappa shape index (κ1) is 22.3. The standard InChI is InChI=1S/C25H26N2O4S2/c1-31-20-5-9-22(10-6-20)33(29,30)26-14-17-13-19(16-26)25-23(11-12-24(28)27(25)15-17)18-3-7-21(32-2)8-4-18/h3-12,17,19H,13-16H2,1-2H3. The summed E-state index contributed by atoms with van der Waals surface area (Å²) in [5, 5.41) is 0. The first-order chi connectivity index (χ1) is 15.9. The number of ether oxygens (including phenoxy) is 1. The molecule has 5 rings (SSSR count). The number of hydrogen-bond acceptors (Lipinski definition) is 5. The van der Waals surface area contributed by atoms with Crippen LogP contribution in [-0.2, 0) is 16.6 Å². The number of aromatic nitrogens is 1. The van der Waals surface area contributed by atoms with Crippen LogP contribution in [0.1, 0.15) is 18.0 Å². The molecule has 1 aromatic heterocycles. The number of nitrogens with zero attached hydrogens (tertiary/aromatic N) is 2. The van der Waals surface area contributed by atoms with Gasteiger partial charge in [0, 0.05) is 47.8 Å². The molecule has 3 heterocycles. The quantitative estimate of drug-likeness (QED) is 0.513. The molecular formula is C25H26N2O4S2. The first-order valence-electron chi connectivity index (χ1n) is 10.9. The molecule has 0 amide bonds. The lowest BCUT2D eigenvalue weighted by atomic mass is 9.81. The third kappa shape index (κ3) is 4.00. The number of fused-ring (bicyclic) bond motifs is 4. The van der Waals surface area contributed by atoms with Crippen molar-refractivity contribution in [1.82, 2.24) is 8.87 Å². The van der Waals surface area contributed by atoms with Gasteiger partial charge in [0.15, 0.2) is 0 Å². The van der Waals surface area contributed by atoms with Gasteiger partial charge in [-0.15, -0.1) is 11.8 Å². The second-order valence-corrected chi connectivity index (χ2v) is 11.4. The van der Waals surface area contributed by atoms with Crippen LogP contribution in [-0.4, -0.2) is 43.7 Å². The number of benzene rings is 2. The Morgan fingerprint density at radius 3 is 2.33 bits per heavy atom. The fraction of sp³-hybridized carbons (Fsp3) is 0.320. The van der Waals surface area contributed by atoms with E-state index in [4.69, 9.17) is 4.74 Å². The summed E-state index contributed by atoms with van der Waals surface area (Å²) in [5.41, 5.74) is 2.99. The smallest absolute Gasteiger partial charge is 0.250 e. The van der Waals surface area contributed by atoms with Gasteiger partial charge in [-0.25, -0.2) is 8.42 Å². The van der Waals surface area contributed by atoms with Crippen molar-refractivity contribution in [1.29, 1.82) is 0 Å². The number of piperidine rings is 1. The molecule has 1 saturated heterocycles. The van der Waals surface area contributed by atoms with Crippen LogP contribution in [0.5, 0.6) is 5.75 Å². The Bertz CT molecular complexity index is 1330. The highest BCUT2D eigenvalue weighted by atomic mass is 32.2. The Kier molecular flexibility index (Phi) is 5.84. The highest BCUT2D eigenvalue weighted by Crippen LogP contribution is 2.41. The van der Waals surface area contributed by atoms with E-state index in [0.29, 0.717) is 25.4 Å². The van der Waals surface area contributed by atoms with Crippen LogP contribution >= 0.6 is 11.8 Å². The molecule has 1 fully saturated rings. The van der Waals surface area contributed by atoms with E-state index in [0.717, 1.165) is 23.2 Å². The van der Waals surface area contributed by atoms with Gasteiger partial charge in [0.1, 0.15) is 5.75 Å². The van der Waals surface area contributed by atoms with Gasteiger partial charge in [-0.05, 0) is 66.6 Å². The second-order valence-electron chi connectivity index (χ2n) is 8.61. The fourth-order valence-corrected chi connectivity index (χ4v) is 7.05. The lowest BCUT2D eigenvalue weighted by Gasteiger charge is -2.42. The fourth-order valence-electron chi connectivity index (χ4n) is 5.08. The molecule has 0 spiro atoms. The average molecular weight is 483 g/mol. The van der Waals surface area contributed by atoms with Gasteiger partial charge in [0.25, 0.3) is 5.56 Å². The Morgan fingerprint density at radius 2 is 1.67 bits per heavy atom. The molecule has 172 valence electrons. The predicted molar refractivity (Wildman–Crippen MR) is 131 cm³/mol. The third-order valence-corrected chi connectivity index (χ3v) is 9.24. The van der Waals surface area contributed by atoms with E-state index in [-0.39, 0.29) is 22.3 Å². The molecule has 0 saturated carbocycles. The Labute approximate surface area is 198 Å². The predicted octanol–water partition coefficient (Wildman–Crippen LogP) is 4.05. The van der Waals surface area contributed by atoms with E-state index in [1.165, 1.54) is 4.90 Å². The molecule has 2 atom stereocenters. The number of rotatable bonds is 5. The van der Waals surface area contributed by atoms with Gasteiger partial charge in [0.2, 0.25) is 10.0 Å². The maximum atomic E-state index is 13.4. The SMILES string of the molecule is COc1ccc(S(=O)(=O)N2CC3CC(C2)c2c(-c4ccc(SC)cc4)ccc(=O)n2C3)cc1. The van der Waals surface area contributed by atoms with Crippen LogP contribution in [0.15, 0.2) is 75.2 Å². The van der Waals surface area contributed by atoms with Gasteiger partial charge in [-0.2, -0.15) is 4.31 Å². The molecule has 3 aromatic rings. The minimum absolute atomic E-state index is 0.0179. The van der Waals surface area contributed by atoms with Crippen LogP contribution in [0.3, 0.4) is 0 Å². The Balaban J connectivity index is 1.53. The van der Waals surface area contributed by atoms with E-state index in [1.807, 2.05) is 16.9 Å². The second kappa shape index (κ2) is 8.66. The minimum atomic E-state index is -3.64. The van der Waals surface area contributed by atoms with Crippen molar-refractivity contribution in [2.75, 3.05) is 26.5 Å². The molecular weight excluding hydrogens is 456 g/mol. The van der Waals surface area contributed by atoms with Gasteiger partial charge in [-0.3, -0.25) is 4.79 Å². The molecule has 0 radical (unpaired) electrons. The molecule has 0 aliphatic carbocycles. The van der Waals surface area contributed by atoms with Crippen molar-refractivity contribution in [3.8, 4) is 16.9 Å². The number of methoxy groups -OCH3 is 1. The van der Waals surface area contributed by atoms with Crippen molar-refractivity contribution in [3.05, 3.63) is 76.7 Å². The summed E-state index contributed by atoms with van der Waals surface area (Å²) in [5.74, 6) is 0.695. The molecule has 2 aliphatic rings. The number of sulfonamides is 1. The lowest BCUT2D eigenvalue weighted by Crippen LogP contribution is -2.49. The highest BCUT2D eigenvalue weighted by molar-refractivity contribution is 7.98. The van der Waals surface area contributed by atoms with Crippen LogP contribution < -0.4 is 10.3 Å². The molecule has 8 heteroatoms. The topological polar surface area (TPSA) is 68.6 Å². The van der Waals surface area contributed by atoms with Crippen molar-refractivity contribution in [2.24, 2.45) is 5.92 Å². The van der Waals surface area contributed by atoms with Crippen molar-refractivity contribution < 1.29 is 13.2 Å². The average Bonchev–Trinajstić information content (AvgIpc) is 2.84. The lowest BCUT2D eigenvalue weighted by molar-refractivity contribution is 0.187. The van der Waals surface area contributed by atoms with Crippen LogP contribution in [0.2, 0.25) is 0 Å². The molecule has 2 bridgehead atoms. The zero-order valence-electron chi connectivity index (χ0n) is 18.6. The maximum Gasteiger partial charge on any atom is 0.250 e. The van der Waals surface area contributed by atoms with Crippen LogP contribution in [0, 0.1) is 5.92 Å². The number of hydrogen-bond donors (Lipinski definition) is 0. The molecule has 6 nitrogen and oxygen atoms in total. The summed E-state index contributed by atoms with van der Waals surface area (Å²) in [6.45, 7) is 1.32. The van der Waals surface area contributed by atoms with Crippen molar-refractivity contribution >= 4 is 21.8 Å². The Hall–Kier alpha value is -2.55. The maximum absolute atomic E-state index is 13.4.